The van der Waals surface area contributed by atoms with Gasteiger partial charge in [-0.1, -0.05) is 35.9 Å². The zero-order chi connectivity index (χ0) is 35.6. The fourth-order valence-electron chi connectivity index (χ4n) is 6.65. The molecule has 1 fully saturated rings. The summed E-state index contributed by atoms with van der Waals surface area (Å²) in [6.07, 6.45) is 9.43. The Balaban J connectivity index is 1.18. The van der Waals surface area contributed by atoms with E-state index in [1.54, 1.807) is 30.6 Å². The number of esters is 1. The zero-order valence-electron chi connectivity index (χ0n) is 29.8. The molecule has 2 aliphatic rings. The molecular formula is C40H47ClN4O5. The number of rotatable bonds is 7. The minimum Gasteiger partial charge on any atom is -0.456 e. The van der Waals surface area contributed by atoms with Crippen LogP contribution in [-0.2, 0) is 9.47 Å². The van der Waals surface area contributed by atoms with Crippen molar-refractivity contribution in [1.82, 2.24) is 14.5 Å². The topological polar surface area (TPSA) is 86.1 Å². The van der Waals surface area contributed by atoms with Crippen LogP contribution in [0.4, 0.5) is 10.5 Å². The van der Waals surface area contributed by atoms with Crippen LogP contribution in [-0.4, -0.2) is 70.4 Å². The summed E-state index contributed by atoms with van der Waals surface area (Å²) in [6, 6.07) is 17.6. The molecule has 9 nitrogen and oxygen atoms in total. The third kappa shape index (κ3) is 8.68. The first kappa shape index (κ1) is 35.5. The highest BCUT2D eigenvalue weighted by atomic mass is 35.5. The molecule has 6 rings (SSSR count). The van der Waals surface area contributed by atoms with Crippen LogP contribution in [0.2, 0.25) is 5.02 Å². The van der Waals surface area contributed by atoms with Crippen LogP contribution < -0.4 is 9.64 Å². The fraction of sp³-hybridized carbons (Fsp3) is 0.425. The molecule has 2 atom stereocenters. The molecular weight excluding hydrogens is 652 g/mol. The maximum absolute atomic E-state index is 13.3. The van der Waals surface area contributed by atoms with E-state index in [-0.39, 0.29) is 0 Å². The van der Waals surface area contributed by atoms with Gasteiger partial charge in [0, 0.05) is 61.1 Å². The van der Waals surface area contributed by atoms with Crippen molar-refractivity contribution in [2.24, 2.45) is 5.92 Å². The number of ether oxygens (including phenoxy) is 3. The largest absolute Gasteiger partial charge is 0.456 e. The highest BCUT2D eigenvalue weighted by Gasteiger charge is 2.29. The van der Waals surface area contributed by atoms with E-state index < -0.39 is 23.3 Å². The molecule has 1 aliphatic heterocycles. The smallest absolute Gasteiger partial charge is 0.420 e. The van der Waals surface area contributed by atoms with Crippen LogP contribution >= 0.6 is 11.6 Å². The number of anilines is 1. The number of fused-ring (bicyclic) bond motifs is 1. The lowest BCUT2D eigenvalue weighted by Crippen LogP contribution is -2.48. The molecule has 2 aromatic carbocycles. The van der Waals surface area contributed by atoms with Gasteiger partial charge in [-0.15, -0.1) is 0 Å². The van der Waals surface area contributed by atoms with Crippen molar-refractivity contribution in [1.29, 1.82) is 0 Å². The van der Waals surface area contributed by atoms with Gasteiger partial charge in [-0.05, 0) is 108 Å². The van der Waals surface area contributed by atoms with Gasteiger partial charge >= 0.3 is 12.1 Å². The van der Waals surface area contributed by atoms with E-state index in [4.69, 9.17) is 25.8 Å². The molecule has 0 amide bonds. The molecule has 50 heavy (non-hydrogen) atoms. The molecule has 0 N–H and O–H groups in total. The van der Waals surface area contributed by atoms with Gasteiger partial charge < -0.3 is 19.1 Å². The summed E-state index contributed by atoms with van der Waals surface area (Å²) < 4.78 is 19.0. The van der Waals surface area contributed by atoms with E-state index in [2.05, 4.69) is 39.1 Å². The second-order valence-electron chi connectivity index (χ2n) is 15.2. The summed E-state index contributed by atoms with van der Waals surface area (Å²) >= 11 is 6.18. The number of pyridine rings is 1. The fourth-order valence-corrected chi connectivity index (χ4v) is 6.78. The van der Waals surface area contributed by atoms with E-state index in [9.17, 15) is 9.59 Å². The van der Waals surface area contributed by atoms with Gasteiger partial charge in [0.05, 0.1) is 6.20 Å². The first-order valence-corrected chi connectivity index (χ1v) is 17.7. The maximum atomic E-state index is 13.3. The van der Waals surface area contributed by atoms with E-state index in [0.29, 0.717) is 39.9 Å². The van der Waals surface area contributed by atoms with Crippen LogP contribution in [0.25, 0.3) is 11.0 Å². The molecule has 3 heterocycles. The number of nitrogens with zero attached hydrogens (tertiary/aromatic N) is 4. The third-order valence-corrected chi connectivity index (χ3v) is 9.25. The molecule has 0 spiro atoms. The van der Waals surface area contributed by atoms with Crippen LogP contribution in [0, 0.1) is 5.92 Å². The third-order valence-electron chi connectivity index (χ3n) is 9.00. The van der Waals surface area contributed by atoms with Crippen molar-refractivity contribution in [3.8, 4) is 11.5 Å². The molecule has 1 aliphatic carbocycles. The molecule has 264 valence electrons. The second kappa shape index (κ2) is 14.5. The molecule has 2 aromatic heterocycles. The highest BCUT2D eigenvalue weighted by Crippen LogP contribution is 2.37. The van der Waals surface area contributed by atoms with Crippen molar-refractivity contribution in [2.45, 2.75) is 71.5 Å². The lowest BCUT2D eigenvalue weighted by molar-refractivity contribution is 0.00668. The number of halogens is 1. The summed E-state index contributed by atoms with van der Waals surface area (Å²) in [5.74, 6) is 1.38. The van der Waals surface area contributed by atoms with Gasteiger partial charge in [-0.25, -0.2) is 19.1 Å². The number of benzene rings is 2. The van der Waals surface area contributed by atoms with Gasteiger partial charge in [0.1, 0.15) is 33.9 Å². The number of aromatic nitrogens is 2. The van der Waals surface area contributed by atoms with Crippen LogP contribution in [0.1, 0.15) is 76.2 Å². The van der Waals surface area contributed by atoms with Gasteiger partial charge in [-0.3, -0.25) is 4.90 Å². The zero-order valence-corrected chi connectivity index (χ0v) is 30.6. The molecule has 0 saturated carbocycles. The maximum Gasteiger partial charge on any atom is 0.420 e. The number of carbonyl (C=O) groups excluding carboxylic acids is 2. The van der Waals surface area contributed by atoms with Crippen molar-refractivity contribution in [3.05, 3.63) is 95.3 Å². The van der Waals surface area contributed by atoms with Crippen molar-refractivity contribution >= 4 is 40.4 Å². The Morgan fingerprint density at radius 3 is 2.26 bits per heavy atom. The molecule has 0 radical (unpaired) electrons. The summed E-state index contributed by atoms with van der Waals surface area (Å²) in [5.41, 5.74) is 1.79. The van der Waals surface area contributed by atoms with Crippen molar-refractivity contribution < 1.29 is 23.8 Å². The lowest BCUT2D eigenvalue weighted by atomic mass is 9.78. The number of hydrogen-bond donors (Lipinski definition) is 0. The molecule has 0 bridgehead atoms. The minimum absolute atomic E-state index is 0.326. The van der Waals surface area contributed by atoms with Gasteiger partial charge in [0.15, 0.2) is 0 Å². The predicted octanol–water partition coefficient (Wildman–Crippen LogP) is 9.09. The molecule has 1 saturated heterocycles. The van der Waals surface area contributed by atoms with Gasteiger partial charge in [-0.2, -0.15) is 0 Å². The Kier molecular flexibility index (Phi) is 10.3. The van der Waals surface area contributed by atoms with Crippen LogP contribution in [0.5, 0.6) is 11.5 Å². The summed E-state index contributed by atoms with van der Waals surface area (Å²) in [5, 5.41) is 1.47. The monoisotopic (exact) mass is 698 g/mol. The summed E-state index contributed by atoms with van der Waals surface area (Å²) in [6.45, 7) is 15.6. The van der Waals surface area contributed by atoms with E-state index in [1.807, 2.05) is 65.8 Å². The lowest BCUT2D eigenvalue weighted by Gasteiger charge is -2.40. The number of hydrogen-bond acceptors (Lipinski definition) is 8. The summed E-state index contributed by atoms with van der Waals surface area (Å²) in [7, 11) is 0. The quantitative estimate of drug-likeness (QED) is 0.140. The van der Waals surface area contributed by atoms with E-state index >= 15 is 0 Å². The first-order chi connectivity index (χ1) is 23.7. The van der Waals surface area contributed by atoms with Crippen LogP contribution in [0.3, 0.4) is 0 Å². The predicted molar refractivity (Wildman–Crippen MR) is 198 cm³/mol. The number of piperazine rings is 1. The number of carbonyl (C=O) groups is 2. The first-order valence-electron chi connectivity index (χ1n) is 17.4. The Morgan fingerprint density at radius 1 is 0.860 bits per heavy atom. The Morgan fingerprint density at radius 2 is 1.56 bits per heavy atom. The van der Waals surface area contributed by atoms with E-state index in [1.165, 1.54) is 10.1 Å². The average molecular weight is 699 g/mol. The standard InChI is InChI=1S/C40H47ClN4O5/c1-39(2,3)49-37(46)34-16-15-31(24-35(34)48-32-23-28-17-18-45(36(28)42-25-32)38(47)50-40(4,5)6)44-21-19-43(20-22-44)26-29-9-7-8-10-33(29)27-11-13-30(41)14-12-27/h7-8,11-18,23-25,29,33H,9-10,19-22,26H2,1-6H3. The van der Waals surface area contributed by atoms with Gasteiger partial charge in [0.2, 0.25) is 0 Å². The number of allylic oxidation sites excluding steroid dienone is 2. The van der Waals surface area contributed by atoms with Crippen molar-refractivity contribution in [3.63, 3.8) is 0 Å². The average Bonchev–Trinajstić information content (AvgIpc) is 3.48. The normalized spacial score (nSPS) is 18.7. The van der Waals surface area contributed by atoms with Crippen LogP contribution in [0.15, 0.2) is 79.1 Å². The van der Waals surface area contributed by atoms with E-state index in [0.717, 1.165) is 56.3 Å². The minimum atomic E-state index is -0.672. The Hall–Kier alpha value is -4.34. The van der Waals surface area contributed by atoms with Gasteiger partial charge in [0.25, 0.3) is 0 Å². The molecule has 4 aromatic rings. The Labute approximate surface area is 299 Å². The van der Waals surface area contributed by atoms with Crippen molar-refractivity contribution in [2.75, 3.05) is 37.6 Å². The Bertz CT molecular complexity index is 1860. The summed E-state index contributed by atoms with van der Waals surface area (Å²) in [4.78, 5) is 35.5. The molecule has 10 heteroatoms. The second-order valence-corrected chi connectivity index (χ2v) is 15.6. The SMILES string of the molecule is CC(C)(C)OC(=O)c1ccc(N2CCN(CC3CC=CCC3c3ccc(Cl)cc3)CC2)cc1Oc1cnc2c(ccn2C(=O)OC(C)(C)C)c1. The molecule has 2 unspecified atom stereocenters. The highest BCUT2D eigenvalue weighted by molar-refractivity contribution is 6.30.